The number of pyridine rings is 1. The number of fused-ring (bicyclic) bond motifs is 1. The van der Waals surface area contributed by atoms with Crippen LogP contribution in [0, 0.1) is 11.2 Å². The van der Waals surface area contributed by atoms with E-state index in [-0.39, 0.29) is 33.8 Å². The second-order valence-corrected chi connectivity index (χ2v) is 8.37. The monoisotopic (exact) mass is 405 g/mol. The molecule has 0 spiro atoms. The van der Waals surface area contributed by atoms with Crippen molar-refractivity contribution in [3.63, 3.8) is 0 Å². The highest BCUT2D eigenvalue weighted by atomic mass is 19.1. The van der Waals surface area contributed by atoms with Gasteiger partial charge in [0.05, 0.1) is 18.0 Å². The lowest BCUT2D eigenvalue weighted by Crippen LogP contribution is -2.52. The van der Waals surface area contributed by atoms with Crippen molar-refractivity contribution in [2.24, 2.45) is 11.1 Å². The van der Waals surface area contributed by atoms with Crippen LogP contribution in [0.25, 0.3) is 10.9 Å². The molecule has 158 valence electrons. The number of carboxylic acid groups (broad SMARTS) is 1. The van der Waals surface area contributed by atoms with Crippen LogP contribution in [0.3, 0.4) is 0 Å². The molecular weight excluding hydrogens is 377 g/mol. The number of piperidine rings is 1. The van der Waals surface area contributed by atoms with Gasteiger partial charge in [-0.25, -0.2) is 9.18 Å². The van der Waals surface area contributed by atoms with Crippen LogP contribution in [0.15, 0.2) is 17.1 Å². The summed E-state index contributed by atoms with van der Waals surface area (Å²) < 4.78 is 20.4. The molecule has 1 atom stereocenters. The Bertz CT molecular complexity index is 981. The Morgan fingerprint density at radius 1 is 1.38 bits per heavy atom. The van der Waals surface area contributed by atoms with E-state index in [9.17, 15) is 14.0 Å². The maximum atomic E-state index is 15.0. The second-order valence-electron chi connectivity index (χ2n) is 8.37. The van der Waals surface area contributed by atoms with Crippen LogP contribution in [0.5, 0.6) is 5.75 Å². The number of carboxylic acids is 1. The van der Waals surface area contributed by atoms with Gasteiger partial charge in [0.2, 0.25) is 5.43 Å². The minimum absolute atomic E-state index is 0.00574. The number of rotatable bonds is 3. The summed E-state index contributed by atoms with van der Waals surface area (Å²) in [6.45, 7) is 5.14. The molecule has 0 amide bonds. The van der Waals surface area contributed by atoms with Crippen molar-refractivity contribution in [2.45, 2.75) is 45.6 Å². The summed E-state index contributed by atoms with van der Waals surface area (Å²) in [4.78, 5) is 28.2. The summed E-state index contributed by atoms with van der Waals surface area (Å²) in [6, 6.07) is 1.08. The van der Waals surface area contributed by atoms with Gasteiger partial charge < -0.3 is 25.5 Å². The van der Waals surface area contributed by atoms with E-state index in [1.165, 1.54) is 26.4 Å². The Labute approximate surface area is 168 Å². The molecule has 1 saturated heterocycles. The minimum Gasteiger partial charge on any atom is -0.492 e. The van der Waals surface area contributed by atoms with E-state index in [4.69, 9.17) is 15.6 Å². The standard InChI is InChI=1S/C18H22FN3O4.C3H6/c1-18(2)8-22(5-4-12(18)20)14-11(19)6-9-13(16(14)26-3)21-7-10(15(9)23)17(24)25;1-2-3-1/h6-7,12H,4-5,8,20H2,1-3H3,(H,21,23)(H,24,25);1-3H2. The first kappa shape index (κ1) is 21.1. The zero-order valence-corrected chi connectivity index (χ0v) is 17.0. The predicted molar refractivity (Wildman–Crippen MR) is 110 cm³/mol. The van der Waals surface area contributed by atoms with Crippen molar-refractivity contribution in [1.29, 1.82) is 0 Å². The van der Waals surface area contributed by atoms with Crippen molar-refractivity contribution in [2.75, 3.05) is 25.1 Å². The Kier molecular flexibility index (Phi) is 5.84. The Balaban J connectivity index is 0.000000732. The molecule has 7 nitrogen and oxygen atoms in total. The molecule has 1 aliphatic carbocycles. The Morgan fingerprint density at radius 2 is 2.03 bits per heavy atom. The van der Waals surface area contributed by atoms with Gasteiger partial charge in [0.1, 0.15) is 11.3 Å². The van der Waals surface area contributed by atoms with Gasteiger partial charge >= 0.3 is 5.97 Å². The summed E-state index contributed by atoms with van der Waals surface area (Å²) in [7, 11) is 1.39. The van der Waals surface area contributed by atoms with Crippen LogP contribution >= 0.6 is 0 Å². The highest BCUT2D eigenvalue weighted by Crippen LogP contribution is 2.40. The largest absolute Gasteiger partial charge is 0.492 e. The number of nitrogens with two attached hydrogens (primary N) is 1. The maximum Gasteiger partial charge on any atom is 0.341 e. The molecule has 2 aliphatic rings. The summed E-state index contributed by atoms with van der Waals surface area (Å²) >= 11 is 0. The molecule has 2 fully saturated rings. The van der Waals surface area contributed by atoms with Crippen molar-refractivity contribution in [3.05, 3.63) is 33.9 Å². The molecule has 1 aliphatic heterocycles. The first-order chi connectivity index (χ1) is 13.7. The number of hydrogen-bond donors (Lipinski definition) is 3. The molecule has 29 heavy (non-hydrogen) atoms. The number of aromatic carboxylic acids is 1. The van der Waals surface area contributed by atoms with E-state index in [1.54, 1.807) is 0 Å². The molecule has 1 aromatic carbocycles. The molecule has 1 unspecified atom stereocenters. The molecule has 0 radical (unpaired) electrons. The van der Waals surface area contributed by atoms with E-state index < -0.39 is 22.8 Å². The van der Waals surface area contributed by atoms with E-state index in [2.05, 4.69) is 4.98 Å². The molecular formula is C21H28FN3O4. The number of aromatic amines is 1. The number of methoxy groups -OCH3 is 1. The summed E-state index contributed by atoms with van der Waals surface area (Å²) in [5.74, 6) is -1.82. The zero-order valence-electron chi connectivity index (χ0n) is 17.0. The molecule has 0 bridgehead atoms. The van der Waals surface area contributed by atoms with Crippen LogP contribution in [-0.4, -0.2) is 42.3 Å². The van der Waals surface area contributed by atoms with Gasteiger partial charge in [0, 0.05) is 25.3 Å². The fourth-order valence-electron chi connectivity index (χ4n) is 3.51. The molecule has 8 heteroatoms. The number of H-pyrrole nitrogens is 1. The average molecular weight is 405 g/mol. The third kappa shape index (κ3) is 4.22. The zero-order chi connectivity index (χ0) is 21.3. The van der Waals surface area contributed by atoms with E-state index in [0.717, 1.165) is 12.3 Å². The normalized spacial score (nSPS) is 20.0. The number of carbonyl (C=O) groups is 1. The van der Waals surface area contributed by atoms with E-state index in [0.29, 0.717) is 19.5 Å². The number of hydrogen-bond acceptors (Lipinski definition) is 5. The molecule has 4 rings (SSSR count). The third-order valence-electron chi connectivity index (χ3n) is 5.48. The van der Waals surface area contributed by atoms with Gasteiger partial charge in [-0.15, -0.1) is 0 Å². The average Bonchev–Trinajstić information content (AvgIpc) is 3.52. The highest BCUT2D eigenvalue weighted by molar-refractivity contribution is 5.96. The minimum atomic E-state index is -1.37. The molecule has 1 aromatic heterocycles. The van der Waals surface area contributed by atoms with Crippen LogP contribution in [0.4, 0.5) is 10.1 Å². The Morgan fingerprint density at radius 3 is 2.55 bits per heavy atom. The number of anilines is 1. The van der Waals surface area contributed by atoms with Gasteiger partial charge in [-0.3, -0.25) is 4.79 Å². The Hall–Kier alpha value is -2.61. The fraction of sp³-hybridized carbons (Fsp3) is 0.524. The fourth-order valence-corrected chi connectivity index (χ4v) is 3.51. The number of nitrogens with one attached hydrogen (secondary N) is 1. The number of benzene rings is 1. The predicted octanol–water partition coefficient (Wildman–Crippen LogP) is 3.11. The van der Waals surface area contributed by atoms with Crippen LogP contribution in [0.1, 0.15) is 49.9 Å². The lowest BCUT2D eigenvalue weighted by Gasteiger charge is -2.44. The van der Waals surface area contributed by atoms with Crippen LogP contribution in [0.2, 0.25) is 0 Å². The summed E-state index contributed by atoms with van der Waals surface area (Å²) in [6.07, 6.45) is 6.30. The lowest BCUT2D eigenvalue weighted by atomic mass is 9.79. The molecule has 1 saturated carbocycles. The molecule has 2 heterocycles. The third-order valence-corrected chi connectivity index (χ3v) is 5.48. The van der Waals surface area contributed by atoms with Gasteiger partial charge in [-0.2, -0.15) is 0 Å². The van der Waals surface area contributed by atoms with Gasteiger partial charge in [0.25, 0.3) is 0 Å². The first-order valence-corrected chi connectivity index (χ1v) is 9.83. The number of aromatic nitrogens is 1. The number of halogens is 1. The van der Waals surface area contributed by atoms with Gasteiger partial charge in [-0.1, -0.05) is 33.1 Å². The quantitative estimate of drug-likeness (QED) is 0.724. The molecule has 4 N–H and O–H groups in total. The van der Waals surface area contributed by atoms with Crippen molar-refractivity contribution < 1.29 is 19.0 Å². The highest BCUT2D eigenvalue weighted by Gasteiger charge is 2.36. The van der Waals surface area contributed by atoms with Crippen LogP contribution in [-0.2, 0) is 0 Å². The summed E-state index contributed by atoms with van der Waals surface area (Å²) in [5, 5.41) is 9.04. The topological polar surface area (TPSA) is 109 Å². The van der Waals surface area contributed by atoms with Crippen LogP contribution < -0.4 is 20.8 Å². The molecule has 2 aromatic rings. The second kappa shape index (κ2) is 8.02. The van der Waals surface area contributed by atoms with Gasteiger partial charge in [0.15, 0.2) is 11.6 Å². The smallest absolute Gasteiger partial charge is 0.341 e. The van der Waals surface area contributed by atoms with Gasteiger partial charge in [-0.05, 0) is 17.9 Å². The lowest BCUT2D eigenvalue weighted by molar-refractivity contribution is 0.0695. The number of ether oxygens (including phenoxy) is 1. The summed E-state index contributed by atoms with van der Waals surface area (Å²) in [5.41, 5.74) is 5.26. The van der Waals surface area contributed by atoms with Crippen molar-refractivity contribution in [1.82, 2.24) is 4.98 Å². The van der Waals surface area contributed by atoms with E-state index in [1.807, 2.05) is 18.7 Å². The first-order valence-electron chi connectivity index (χ1n) is 9.83. The maximum absolute atomic E-state index is 15.0. The number of nitrogens with zero attached hydrogens (tertiary/aromatic N) is 1. The SMILES string of the molecule is C1CC1.COc1c(N2CCC(N)C(C)(C)C2)c(F)cc2c(=O)c(C(=O)O)c[nH]c12. The van der Waals surface area contributed by atoms with E-state index >= 15 is 0 Å². The van der Waals surface area contributed by atoms with Crippen molar-refractivity contribution in [3.8, 4) is 5.75 Å². The van der Waals surface area contributed by atoms with Crippen molar-refractivity contribution >= 4 is 22.6 Å².